The lowest BCUT2D eigenvalue weighted by Crippen LogP contribution is -2.38. The van der Waals surface area contributed by atoms with Crippen molar-refractivity contribution in [3.8, 4) is 0 Å². The Labute approximate surface area is 193 Å². The van der Waals surface area contributed by atoms with Crippen LogP contribution in [0.4, 0.5) is 5.82 Å². The van der Waals surface area contributed by atoms with Gasteiger partial charge >= 0.3 is 0 Å². The molecule has 6 nitrogen and oxygen atoms in total. The lowest BCUT2D eigenvalue weighted by Gasteiger charge is -2.30. The normalized spacial score (nSPS) is 18.6. The Morgan fingerprint density at radius 3 is 2.31 bits per heavy atom. The van der Waals surface area contributed by atoms with Gasteiger partial charge in [0.1, 0.15) is 5.82 Å². The predicted octanol–water partition coefficient (Wildman–Crippen LogP) is 3.90. The van der Waals surface area contributed by atoms with Crippen LogP contribution in [0.1, 0.15) is 61.9 Å². The van der Waals surface area contributed by atoms with E-state index in [1.165, 1.54) is 54.1 Å². The van der Waals surface area contributed by atoms with Crippen molar-refractivity contribution in [2.45, 2.75) is 59.2 Å². The van der Waals surface area contributed by atoms with Gasteiger partial charge in [-0.3, -0.25) is 9.58 Å². The van der Waals surface area contributed by atoms with Crippen LogP contribution in [-0.2, 0) is 31.4 Å². The predicted molar refractivity (Wildman–Crippen MR) is 131 cm³/mol. The van der Waals surface area contributed by atoms with Crippen molar-refractivity contribution < 1.29 is 4.74 Å². The van der Waals surface area contributed by atoms with Crippen LogP contribution in [0.2, 0.25) is 0 Å². The van der Waals surface area contributed by atoms with E-state index in [2.05, 4.69) is 71.9 Å². The minimum atomic E-state index is 0.407. The topological polar surface area (TPSA) is 45.6 Å². The Hall–Kier alpha value is -1.89. The molecule has 0 spiro atoms. The molecule has 0 bridgehead atoms. The second kappa shape index (κ2) is 10.8. The average Bonchev–Trinajstić information content (AvgIpc) is 3.13. The summed E-state index contributed by atoms with van der Waals surface area (Å²) in [5, 5.41) is 8.56. The van der Waals surface area contributed by atoms with Crippen molar-refractivity contribution in [1.29, 1.82) is 0 Å². The quantitative estimate of drug-likeness (QED) is 0.676. The molecule has 1 aromatic carbocycles. The van der Waals surface area contributed by atoms with Crippen LogP contribution in [0.5, 0.6) is 0 Å². The first kappa shape index (κ1) is 23.3. The van der Waals surface area contributed by atoms with Gasteiger partial charge in [-0.1, -0.05) is 45.0 Å². The fourth-order valence-corrected chi connectivity index (χ4v) is 4.96. The summed E-state index contributed by atoms with van der Waals surface area (Å²) in [6.07, 6.45) is 2.67. The number of aryl methyl sites for hydroxylation is 1. The van der Waals surface area contributed by atoms with Crippen LogP contribution in [0.3, 0.4) is 0 Å². The maximum Gasteiger partial charge on any atom is 0.131 e. The first-order valence-electron chi connectivity index (χ1n) is 12.4. The zero-order valence-electron chi connectivity index (χ0n) is 20.4. The number of rotatable bonds is 8. The molecule has 176 valence electrons. The number of hydrogen-bond acceptors (Lipinski definition) is 5. The number of anilines is 1. The van der Waals surface area contributed by atoms with Gasteiger partial charge in [0.05, 0.1) is 18.9 Å². The van der Waals surface area contributed by atoms with Crippen molar-refractivity contribution in [2.24, 2.45) is 13.0 Å². The van der Waals surface area contributed by atoms with E-state index in [-0.39, 0.29) is 0 Å². The summed E-state index contributed by atoms with van der Waals surface area (Å²) in [6.45, 7) is 15.5. The number of likely N-dealkylation sites (tertiary alicyclic amines) is 1. The second-order valence-electron chi connectivity index (χ2n) is 9.94. The van der Waals surface area contributed by atoms with Gasteiger partial charge in [-0.2, -0.15) is 5.10 Å². The third kappa shape index (κ3) is 5.72. The molecule has 1 N–H and O–H groups in total. The van der Waals surface area contributed by atoms with Crippen molar-refractivity contribution in [3.05, 3.63) is 46.6 Å². The summed E-state index contributed by atoms with van der Waals surface area (Å²) in [6, 6.07) is 9.17. The fraction of sp³-hybridized carbons (Fsp3) is 0.654. The third-order valence-corrected chi connectivity index (χ3v) is 6.94. The average molecular weight is 440 g/mol. The molecule has 6 heteroatoms. The van der Waals surface area contributed by atoms with E-state index in [0.717, 1.165) is 51.9 Å². The highest BCUT2D eigenvalue weighted by atomic mass is 16.5. The number of piperidine rings is 1. The molecule has 2 fully saturated rings. The van der Waals surface area contributed by atoms with Gasteiger partial charge in [-0.25, -0.2) is 0 Å². The largest absolute Gasteiger partial charge is 0.378 e. The van der Waals surface area contributed by atoms with Crippen molar-refractivity contribution in [3.63, 3.8) is 0 Å². The summed E-state index contributed by atoms with van der Waals surface area (Å²) in [5.74, 6) is 2.54. The lowest BCUT2D eigenvalue weighted by molar-refractivity contribution is 0.122. The molecule has 1 aromatic heterocycles. The fourth-order valence-electron chi connectivity index (χ4n) is 4.96. The minimum Gasteiger partial charge on any atom is -0.378 e. The molecule has 2 saturated heterocycles. The molecular formula is C26H41N5O. The van der Waals surface area contributed by atoms with E-state index in [0.29, 0.717) is 5.92 Å². The van der Waals surface area contributed by atoms with Crippen molar-refractivity contribution in [2.75, 3.05) is 44.3 Å². The second-order valence-corrected chi connectivity index (χ2v) is 9.94. The number of benzene rings is 1. The number of nitrogens with zero attached hydrogens (tertiary/aromatic N) is 4. The number of nitrogens with one attached hydrogen (secondary N) is 1. The van der Waals surface area contributed by atoms with Crippen LogP contribution in [0.15, 0.2) is 24.3 Å². The zero-order chi connectivity index (χ0) is 22.5. The molecule has 2 aliphatic rings. The van der Waals surface area contributed by atoms with Gasteiger partial charge in [0.15, 0.2) is 0 Å². The van der Waals surface area contributed by atoms with E-state index >= 15 is 0 Å². The highest BCUT2D eigenvalue weighted by molar-refractivity contribution is 5.51. The Kier molecular flexibility index (Phi) is 7.87. The first-order chi connectivity index (χ1) is 15.5. The van der Waals surface area contributed by atoms with Crippen LogP contribution in [0, 0.1) is 5.92 Å². The molecule has 2 aromatic rings. The molecule has 0 radical (unpaired) electrons. The van der Waals surface area contributed by atoms with E-state index in [4.69, 9.17) is 9.84 Å². The molecule has 0 amide bonds. The van der Waals surface area contributed by atoms with E-state index in [1.807, 2.05) is 0 Å². The summed E-state index contributed by atoms with van der Waals surface area (Å²) >= 11 is 0. The molecule has 0 saturated carbocycles. The Bertz CT molecular complexity index is 846. The molecular weight excluding hydrogens is 398 g/mol. The van der Waals surface area contributed by atoms with Crippen molar-refractivity contribution in [1.82, 2.24) is 20.0 Å². The van der Waals surface area contributed by atoms with Gasteiger partial charge in [-0.05, 0) is 48.9 Å². The molecule has 2 aliphatic heterocycles. The maximum absolute atomic E-state index is 5.57. The van der Waals surface area contributed by atoms with Crippen LogP contribution in [0.25, 0.3) is 0 Å². The molecule has 0 unspecified atom stereocenters. The summed E-state index contributed by atoms with van der Waals surface area (Å²) < 4.78 is 7.63. The third-order valence-electron chi connectivity index (χ3n) is 6.94. The van der Waals surface area contributed by atoms with Gasteiger partial charge in [-0.15, -0.1) is 0 Å². The molecule has 32 heavy (non-hydrogen) atoms. The molecule has 0 aliphatic carbocycles. The van der Waals surface area contributed by atoms with Crippen molar-refractivity contribution >= 4 is 5.82 Å². The number of hydrogen-bond donors (Lipinski definition) is 1. The standard InChI is InChI=1S/C26H41N5O/c1-20(2)25-24(26(29(4)28-25)31-13-15-32-16-14-31)18-27-17-22-5-7-23(8-6-22)19-30-11-9-21(3)10-12-30/h5-8,20-21,27H,9-19H2,1-4H3. The lowest BCUT2D eigenvalue weighted by atomic mass is 9.99. The minimum absolute atomic E-state index is 0.407. The van der Waals surface area contributed by atoms with Gasteiger partial charge in [0.2, 0.25) is 0 Å². The van der Waals surface area contributed by atoms with Gasteiger partial charge < -0.3 is 15.0 Å². The summed E-state index contributed by atoms with van der Waals surface area (Å²) in [7, 11) is 2.07. The van der Waals surface area contributed by atoms with E-state index < -0.39 is 0 Å². The van der Waals surface area contributed by atoms with Crippen LogP contribution >= 0.6 is 0 Å². The Morgan fingerprint density at radius 2 is 1.66 bits per heavy atom. The highest BCUT2D eigenvalue weighted by Crippen LogP contribution is 2.29. The smallest absolute Gasteiger partial charge is 0.131 e. The number of ether oxygens (including phenoxy) is 1. The van der Waals surface area contributed by atoms with Crippen LogP contribution in [-0.4, -0.2) is 54.1 Å². The number of aromatic nitrogens is 2. The molecule has 3 heterocycles. The molecule has 4 rings (SSSR count). The first-order valence-corrected chi connectivity index (χ1v) is 12.4. The SMILES string of the molecule is CC1CCN(Cc2ccc(CNCc3c(C(C)C)nn(C)c3N3CCOCC3)cc2)CC1. The maximum atomic E-state index is 5.57. The Balaban J connectivity index is 1.35. The summed E-state index contributed by atoms with van der Waals surface area (Å²) in [4.78, 5) is 5.02. The zero-order valence-corrected chi connectivity index (χ0v) is 20.4. The van der Waals surface area contributed by atoms with E-state index in [1.54, 1.807) is 0 Å². The van der Waals surface area contributed by atoms with E-state index in [9.17, 15) is 0 Å². The molecule has 0 atom stereocenters. The monoisotopic (exact) mass is 439 g/mol. The van der Waals surface area contributed by atoms with Gasteiger partial charge in [0.25, 0.3) is 0 Å². The highest BCUT2D eigenvalue weighted by Gasteiger charge is 2.24. The summed E-state index contributed by atoms with van der Waals surface area (Å²) in [5.41, 5.74) is 5.30. The van der Waals surface area contributed by atoms with Crippen LogP contribution < -0.4 is 10.2 Å². The number of morpholine rings is 1. The Morgan fingerprint density at radius 1 is 1.00 bits per heavy atom. The van der Waals surface area contributed by atoms with Gasteiger partial charge in [0, 0.05) is 45.3 Å².